The highest BCUT2D eigenvalue weighted by Crippen LogP contribution is 2.21. The Bertz CT molecular complexity index is 479. The zero-order valence-corrected chi connectivity index (χ0v) is 13.4. The van der Waals surface area contributed by atoms with E-state index >= 15 is 0 Å². The average molecular weight is 313 g/mol. The Kier molecular flexibility index (Phi) is 5.59. The summed E-state index contributed by atoms with van der Waals surface area (Å²) < 4.78 is 13.8. The summed E-state index contributed by atoms with van der Waals surface area (Å²) in [6.07, 6.45) is 1.16. The average Bonchev–Trinajstić information content (AvgIpc) is 2.45. The van der Waals surface area contributed by atoms with Crippen LogP contribution < -0.4 is 0 Å². The first-order valence-corrected chi connectivity index (χ1v) is 7.82. The van der Waals surface area contributed by atoms with E-state index in [1.54, 1.807) is 11.0 Å². The molecule has 1 aliphatic heterocycles. The van der Waals surface area contributed by atoms with E-state index in [-0.39, 0.29) is 16.5 Å². The summed E-state index contributed by atoms with van der Waals surface area (Å²) in [7, 11) is 0. The summed E-state index contributed by atoms with van der Waals surface area (Å²) in [6.45, 7) is 8.40. The van der Waals surface area contributed by atoms with Gasteiger partial charge in [0.05, 0.1) is 10.6 Å². The molecule has 1 aliphatic rings. The molecule has 1 heterocycles. The summed E-state index contributed by atoms with van der Waals surface area (Å²) in [5.74, 6) is -0.168. The van der Waals surface area contributed by atoms with Crippen molar-refractivity contribution in [2.75, 3.05) is 32.7 Å². The third-order valence-electron chi connectivity index (χ3n) is 3.86. The van der Waals surface area contributed by atoms with Crippen molar-refractivity contribution < 1.29 is 9.18 Å². The lowest BCUT2D eigenvalue weighted by molar-refractivity contribution is 0.0627. The molecule has 0 saturated carbocycles. The van der Waals surface area contributed by atoms with E-state index in [1.807, 2.05) is 0 Å². The van der Waals surface area contributed by atoms with Gasteiger partial charge in [0.1, 0.15) is 5.82 Å². The summed E-state index contributed by atoms with van der Waals surface area (Å²) in [5.41, 5.74) is -0.00482. The Morgan fingerprint density at radius 3 is 2.52 bits per heavy atom. The number of halogens is 2. The second-order valence-electron chi connectivity index (χ2n) is 5.91. The van der Waals surface area contributed by atoms with Crippen molar-refractivity contribution in [2.45, 2.75) is 20.3 Å². The van der Waals surface area contributed by atoms with E-state index in [2.05, 4.69) is 18.7 Å². The van der Waals surface area contributed by atoms with Gasteiger partial charge in [-0.3, -0.25) is 9.69 Å². The lowest BCUT2D eigenvalue weighted by Crippen LogP contribution is -2.49. The molecule has 0 N–H and O–H groups in total. The fourth-order valence-electron chi connectivity index (χ4n) is 2.48. The first kappa shape index (κ1) is 16.2. The van der Waals surface area contributed by atoms with Crippen molar-refractivity contribution in [3.05, 3.63) is 34.6 Å². The van der Waals surface area contributed by atoms with Gasteiger partial charge in [-0.25, -0.2) is 4.39 Å². The van der Waals surface area contributed by atoms with Crippen LogP contribution in [0.1, 0.15) is 30.6 Å². The van der Waals surface area contributed by atoms with Crippen LogP contribution in [0.5, 0.6) is 0 Å². The van der Waals surface area contributed by atoms with Gasteiger partial charge in [0.2, 0.25) is 0 Å². The van der Waals surface area contributed by atoms with Gasteiger partial charge in [-0.15, -0.1) is 0 Å². The minimum absolute atomic E-state index is 0.00482. The lowest BCUT2D eigenvalue weighted by atomic mass is 10.1. The maximum absolute atomic E-state index is 13.8. The van der Waals surface area contributed by atoms with E-state index in [0.717, 1.165) is 26.1 Å². The number of carbonyl (C=O) groups is 1. The first-order chi connectivity index (χ1) is 9.99. The largest absolute Gasteiger partial charge is 0.336 e. The van der Waals surface area contributed by atoms with Crippen LogP contribution in [0, 0.1) is 11.7 Å². The monoisotopic (exact) mass is 312 g/mol. The first-order valence-electron chi connectivity index (χ1n) is 7.44. The molecule has 0 radical (unpaired) electrons. The third kappa shape index (κ3) is 4.17. The van der Waals surface area contributed by atoms with E-state index in [4.69, 9.17) is 11.6 Å². The van der Waals surface area contributed by atoms with Crippen LogP contribution in [0.15, 0.2) is 18.2 Å². The summed E-state index contributed by atoms with van der Waals surface area (Å²) in [5, 5.41) is 0.183. The number of hydrogen-bond acceptors (Lipinski definition) is 2. The topological polar surface area (TPSA) is 23.6 Å². The molecule has 1 aromatic carbocycles. The Hall–Kier alpha value is -1.13. The molecule has 0 aliphatic carbocycles. The minimum atomic E-state index is -0.547. The van der Waals surface area contributed by atoms with Crippen molar-refractivity contribution in [2.24, 2.45) is 5.92 Å². The van der Waals surface area contributed by atoms with Crippen molar-refractivity contribution in [1.82, 2.24) is 9.80 Å². The molecular weight excluding hydrogens is 291 g/mol. The zero-order chi connectivity index (χ0) is 15.4. The molecule has 1 fully saturated rings. The quantitative estimate of drug-likeness (QED) is 0.852. The number of carbonyl (C=O) groups excluding carboxylic acids is 1. The van der Waals surface area contributed by atoms with Gasteiger partial charge < -0.3 is 4.90 Å². The molecule has 0 unspecified atom stereocenters. The molecule has 0 bridgehead atoms. The van der Waals surface area contributed by atoms with Crippen LogP contribution >= 0.6 is 11.6 Å². The van der Waals surface area contributed by atoms with E-state index in [9.17, 15) is 9.18 Å². The SMILES string of the molecule is CC(C)CCN1CCN(C(=O)c2c(F)cccc2Cl)CC1. The Morgan fingerprint density at radius 2 is 1.95 bits per heavy atom. The molecule has 0 aromatic heterocycles. The van der Waals surface area contributed by atoms with Gasteiger partial charge in [0.15, 0.2) is 0 Å². The van der Waals surface area contributed by atoms with Gasteiger partial charge in [-0.2, -0.15) is 0 Å². The molecule has 2 rings (SSSR count). The van der Waals surface area contributed by atoms with Crippen molar-refractivity contribution in [3.63, 3.8) is 0 Å². The summed E-state index contributed by atoms with van der Waals surface area (Å²) >= 11 is 5.96. The normalized spacial score (nSPS) is 16.5. The maximum Gasteiger partial charge on any atom is 0.258 e. The van der Waals surface area contributed by atoms with Crippen LogP contribution in [-0.2, 0) is 0 Å². The van der Waals surface area contributed by atoms with E-state index < -0.39 is 5.82 Å². The van der Waals surface area contributed by atoms with Gasteiger partial charge in [0, 0.05) is 26.2 Å². The standard InChI is InChI=1S/C16H22ClFN2O/c1-12(2)6-7-19-8-10-20(11-9-19)16(21)15-13(17)4-3-5-14(15)18/h3-5,12H,6-11H2,1-2H3. The van der Waals surface area contributed by atoms with Crippen molar-refractivity contribution in [3.8, 4) is 0 Å². The highest BCUT2D eigenvalue weighted by molar-refractivity contribution is 6.33. The van der Waals surface area contributed by atoms with Gasteiger partial charge in [0.25, 0.3) is 5.91 Å². The van der Waals surface area contributed by atoms with Crippen LogP contribution in [0.4, 0.5) is 4.39 Å². The third-order valence-corrected chi connectivity index (χ3v) is 4.17. The van der Waals surface area contributed by atoms with Gasteiger partial charge in [-0.1, -0.05) is 31.5 Å². The number of amides is 1. The fourth-order valence-corrected chi connectivity index (χ4v) is 2.72. The van der Waals surface area contributed by atoms with Gasteiger partial charge in [-0.05, 0) is 31.0 Å². The summed E-state index contributed by atoms with van der Waals surface area (Å²) in [4.78, 5) is 16.4. The van der Waals surface area contributed by atoms with Crippen LogP contribution in [0.25, 0.3) is 0 Å². The Morgan fingerprint density at radius 1 is 1.29 bits per heavy atom. The Labute approximate surface area is 130 Å². The molecule has 21 heavy (non-hydrogen) atoms. The highest BCUT2D eigenvalue weighted by atomic mass is 35.5. The van der Waals surface area contributed by atoms with Crippen molar-refractivity contribution in [1.29, 1.82) is 0 Å². The van der Waals surface area contributed by atoms with Crippen LogP contribution in [0.2, 0.25) is 5.02 Å². The fraction of sp³-hybridized carbons (Fsp3) is 0.562. The second-order valence-corrected chi connectivity index (χ2v) is 6.32. The van der Waals surface area contributed by atoms with Crippen molar-refractivity contribution >= 4 is 17.5 Å². The minimum Gasteiger partial charge on any atom is -0.336 e. The van der Waals surface area contributed by atoms with Crippen LogP contribution in [-0.4, -0.2) is 48.4 Å². The smallest absolute Gasteiger partial charge is 0.258 e. The molecule has 1 aromatic rings. The molecule has 116 valence electrons. The predicted octanol–water partition coefficient (Wildman–Crippen LogP) is 3.28. The molecule has 1 amide bonds. The molecular formula is C16H22ClFN2O. The number of rotatable bonds is 4. The highest BCUT2D eigenvalue weighted by Gasteiger charge is 2.25. The summed E-state index contributed by atoms with van der Waals surface area (Å²) in [6, 6.07) is 4.34. The molecule has 1 saturated heterocycles. The maximum atomic E-state index is 13.8. The Balaban J connectivity index is 1.94. The van der Waals surface area contributed by atoms with E-state index in [1.165, 1.54) is 12.1 Å². The number of piperazine rings is 1. The zero-order valence-electron chi connectivity index (χ0n) is 12.6. The van der Waals surface area contributed by atoms with Gasteiger partial charge >= 0.3 is 0 Å². The lowest BCUT2D eigenvalue weighted by Gasteiger charge is -2.35. The molecule has 5 heteroatoms. The van der Waals surface area contributed by atoms with Crippen LogP contribution in [0.3, 0.4) is 0 Å². The van der Waals surface area contributed by atoms with E-state index in [0.29, 0.717) is 19.0 Å². The molecule has 0 spiro atoms. The number of hydrogen-bond donors (Lipinski definition) is 0. The number of benzene rings is 1. The molecule has 3 nitrogen and oxygen atoms in total. The second kappa shape index (κ2) is 7.23. The predicted molar refractivity (Wildman–Crippen MR) is 83.2 cm³/mol. The number of nitrogens with zero attached hydrogens (tertiary/aromatic N) is 2. The molecule has 0 atom stereocenters.